The lowest BCUT2D eigenvalue weighted by molar-refractivity contribution is -0.136. The summed E-state index contributed by atoms with van der Waals surface area (Å²) < 4.78 is 0. The summed E-state index contributed by atoms with van der Waals surface area (Å²) in [6.07, 6.45) is 4.42. The van der Waals surface area contributed by atoms with Gasteiger partial charge in [-0.2, -0.15) is 0 Å². The molecule has 1 saturated carbocycles. The number of hydrogen-bond donors (Lipinski definition) is 1. The zero-order valence-corrected chi connectivity index (χ0v) is 15.1. The van der Waals surface area contributed by atoms with Gasteiger partial charge < -0.3 is 10.2 Å². The largest absolute Gasteiger partial charge is 0.336 e. The molecule has 3 rings (SSSR count). The van der Waals surface area contributed by atoms with Crippen LogP contribution in [0.3, 0.4) is 0 Å². The molecule has 1 aliphatic carbocycles. The third-order valence-corrected chi connectivity index (χ3v) is 5.66. The minimum atomic E-state index is 0. The molecular weight excluding hydrogens is 308 g/mol. The van der Waals surface area contributed by atoms with Gasteiger partial charge in [0, 0.05) is 12.5 Å². The average molecular weight is 337 g/mol. The van der Waals surface area contributed by atoms with Crippen LogP contribution in [0, 0.1) is 11.3 Å². The smallest absolute Gasteiger partial charge is 0.226 e. The van der Waals surface area contributed by atoms with Gasteiger partial charge in [0.1, 0.15) is 0 Å². The van der Waals surface area contributed by atoms with Gasteiger partial charge in [-0.1, -0.05) is 37.3 Å². The standard InChI is InChI=1S/C19H28N2O.ClH/c1-3-17(15-8-6-5-7-9-15)21(4-2)18(22)16-14-19(16)10-12-20-13-11-19;/h5-9,16-17,20H,3-4,10-14H2,1-2H3;1H. The van der Waals surface area contributed by atoms with Crippen LogP contribution in [-0.4, -0.2) is 30.4 Å². The Hall–Kier alpha value is -1.06. The van der Waals surface area contributed by atoms with Gasteiger partial charge in [-0.25, -0.2) is 0 Å². The molecule has 3 nitrogen and oxygen atoms in total. The molecule has 1 amide bonds. The number of benzene rings is 1. The molecule has 2 fully saturated rings. The fourth-order valence-corrected chi connectivity index (χ4v) is 4.22. The molecule has 1 heterocycles. The van der Waals surface area contributed by atoms with Gasteiger partial charge in [0.2, 0.25) is 5.91 Å². The Kier molecular flexibility index (Phi) is 6.10. The number of carbonyl (C=O) groups is 1. The molecule has 23 heavy (non-hydrogen) atoms. The number of nitrogens with zero attached hydrogens (tertiary/aromatic N) is 1. The van der Waals surface area contributed by atoms with E-state index in [1.807, 2.05) is 6.07 Å². The van der Waals surface area contributed by atoms with Crippen molar-refractivity contribution in [3.05, 3.63) is 35.9 Å². The number of piperidine rings is 1. The van der Waals surface area contributed by atoms with Gasteiger partial charge in [0.15, 0.2) is 0 Å². The molecule has 1 aromatic carbocycles. The van der Waals surface area contributed by atoms with Crippen molar-refractivity contribution in [1.82, 2.24) is 10.2 Å². The Bertz CT molecular complexity index is 513. The zero-order valence-electron chi connectivity index (χ0n) is 14.3. The van der Waals surface area contributed by atoms with E-state index in [1.165, 1.54) is 18.4 Å². The van der Waals surface area contributed by atoms with Crippen molar-refractivity contribution >= 4 is 18.3 Å². The third kappa shape index (κ3) is 3.56. The van der Waals surface area contributed by atoms with Crippen molar-refractivity contribution in [2.45, 2.75) is 45.6 Å². The molecule has 0 bridgehead atoms. The van der Waals surface area contributed by atoms with E-state index in [4.69, 9.17) is 0 Å². The maximum Gasteiger partial charge on any atom is 0.226 e. The van der Waals surface area contributed by atoms with Crippen LogP contribution < -0.4 is 5.32 Å². The lowest BCUT2D eigenvalue weighted by atomic mass is 9.91. The van der Waals surface area contributed by atoms with Crippen LogP contribution in [0.1, 0.15) is 51.1 Å². The summed E-state index contributed by atoms with van der Waals surface area (Å²) in [6, 6.07) is 10.7. The number of amides is 1. The molecule has 1 aliphatic heterocycles. The van der Waals surface area contributed by atoms with Crippen LogP contribution in [0.15, 0.2) is 30.3 Å². The fourth-order valence-electron chi connectivity index (χ4n) is 4.22. The highest BCUT2D eigenvalue weighted by atomic mass is 35.5. The lowest BCUT2D eigenvalue weighted by Crippen LogP contribution is -2.38. The van der Waals surface area contributed by atoms with Crippen molar-refractivity contribution in [1.29, 1.82) is 0 Å². The van der Waals surface area contributed by atoms with Crippen molar-refractivity contribution in [2.75, 3.05) is 19.6 Å². The zero-order chi connectivity index (χ0) is 15.6. The van der Waals surface area contributed by atoms with Crippen LogP contribution in [-0.2, 0) is 4.79 Å². The predicted molar refractivity (Wildman–Crippen MR) is 96.8 cm³/mol. The first kappa shape index (κ1) is 18.3. The Balaban J connectivity index is 0.00000192. The normalized spacial score (nSPS) is 23.0. The van der Waals surface area contributed by atoms with E-state index in [2.05, 4.69) is 48.3 Å². The summed E-state index contributed by atoms with van der Waals surface area (Å²) in [5.74, 6) is 0.660. The minimum Gasteiger partial charge on any atom is -0.336 e. The Labute approximate surface area is 146 Å². The van der Waals surface area contributed by atoms with Gasteiger partial charge in [0.25, 0.3) is 0 Å². The fraction of sp³-hybridized carbons (Fsp3) is 0.632. The first-order valence-electron chi connectivity index (χ1n) is 8.78. The van der Waals surface area contributed by atoms with Crippen molar-refractivity contribution < 1.29 is 4.79 Å². The first-order valence-corrected chi connectivity index (χ1v) is 8.78. The topological polar surface area (TPSA) is 32.3 Å². The molecule has 1 aromatic rings. The van der Waals surface area contributed by atoms with Crippen molar-refractivity contribution in [2.24, 2.45) is 11.3 Å². The second kappa shape index (κ2) is 7.67. The minimum absolute atomic E-state index is 0. The van der Waals surface area contributed by atoms with E-state index in [0.717, 1.165) is 32.5 Å². The maximum absolute atomic E-state index is 13.1. The molecule has 2 unspecified atom stereocenters. The molecule has 1 saturated heterocycles. The third-order valence-electron chi connectivity index (χ3n) is 5.66. The SMILES string of the molecule is CCC(c1ccccc1)N(CC)C(=O)C1CC12CCNCC2.Cl. The highest BCUT2D eigenvalue weighted by Gasteiger charge is 2.58. The second-order valence-electron chi connectivity index (χ2n) is 6.83. The molecular formula is C19H29ClN2O. The molecule has 0 aromatic heterocycles. The highest BCUT2D eigenvalue weighted by Crippen LogP contribution is 2.59. The summed E-state index contributed by atoms with van der Waals surface area (Å²) >= 11 is 0. The van der Waals surface area contributed by atoms with Crippen LogP contribution in [0.4, 0.5) is 0 Å². The number of rotatable bonds is 5. The van der Waals surface area contributed by atoms with E-state index >= 15 is 0 Å². The molecule has 1 N–H and O–H groups in total. The predicted octanol–water partition coefficient (Wildman–Crippen LogP) is 3.80. The number of carbonyl (C=O) groups excluding carboxylic acids is 1. The summed E-state index contributed by atoms with van der Waals surface area (Å²) in [6.45, 7) is 7.25. The molecule has 2 atom stereocenters. The molecule has 2 aliphatic rings. The Morgan fingerprint density at radius 1 is 1.26 bits per heavy atom. The number of nitrogens with one attached hydrogen (secondary N) is 1. The second-order valence-corrected chi connectivity index (χ2v) is 6.83. The summed E-state index contributed by atoms with van der Waals surface area (Å²) in [7, 11) is 0. The summed E-state index contributed by atoms with van der Waals surface area (Å²) in [5, 5.41) is 3.42. The van der Waals surface area contributed by atoms with E-state index in [1.54, 1.807) is 0 Å². The van der Waals surface area contributed by atoms with E-state index < -0.39 is 0 Å². The van der Waals surface area contributed by atoms with Crippen molar-refractivity contribution in [3.63, 3.8) is 0 Å². The van der Waals surface area contributed by atoms with Crippen LogP contribution in [0.2, 0.25) is 0 Å². The van der Waals surface area contributed by atoms with Crippen LogP contribution in [0.25, 0.3) is 0 Å². The van der Waals surface area contributed by atoms with Gasteiger partial charge in [-0.15, -0.1) is 12.4 Å². The molecule has 128 valence electrons. The highest BCUT2D eigenvalue weighted by molar-refractivity contribution is 5.85. The Morgan fingerprint density at radius 2 is 1.91 bits per heavy atom. The van der Waals surface area contributed by atoms with E-state index in [0.29, 0.717) is 11.3 Å². The van der Waals surface area contributed by atoms with Gasteiger partial charge in [0.05, 0.1) is 6.04 Å². The average Bonchev–Trinajstić information content (AvgIpc) is 3.26. The molecule has 4 heteroatoms. The quantitative estimate of drug-likeness (QED) is 0.887. The monoisotopic (exact) mass is 336 g/mol. The van der Waals surface area contributed by atoms with Gasteiger partial charge >= 0.3 is 0 Å². The van der Waals surface area contributed by atoms with E-state index in [-0.39, 0.29) is 24.4 Å². The van der Waals surface area contributed by atoms with Gasteiger partial charge in [-0.05, 0) is 56.7 Å². The Morgan fingerprint density at radius 3 is 2.48 bits per heavy atom. The molecule has 0 radical (unpaired) electrons. The van der Waals surface area contributed by atoms with Crippen LogP contribution >= 0.6 is 12.4 Å². The molecule has 1 spiro atoms. The lowest BCUT2D eigenvalue weighted by Gasteiger charge is -2.32. The van der Waals surface area contributed by atoms with E-state index in [9.17, 15) is 4.79 Å². The van der Waals surface area contributed by atoms with Gasteiger partial charge in [-0.3, -0.25) is 4.79 Å². The summed E-state index contributed by atoms with van der Waals surface area (Å²) in [4.78, 5) is 15.2. The maximum atomic E-state index is 13.1. The number of halogens is 1. The number of hydrogen-bond acceptors (Lipinski definition) is 2. The first-order chi connectivity index (χ1) is 10.7. The van der Waals surface area contributed by atoms with Crippen molar-refractivity contribution in [3.8, 4) is 0 Å². The van der Waals surface area contributed by atoms with Crippen LogP contribution in [0.5, 0.6) is 0 Å². The summed E-state index contributed by atoms with van der Waals surface area (Å²) in [5.41, 5.74) is 1.59.